The minimum atomic E-state index is -0.829. The number of nitrogens with zero attached hydrogens (tertiary/aromatic N) is 6. The highest BCUT2D eigenvalue weighted by atomic mass is 32.1. The van der Waals surface area contributed by atoms with E-state index in [-0.39, 0.29) is 0 Å². The Balaban J connectivity index is 1.28. The van der Waals surface area contributed by atoms with Crippen LogP contribution in [-0.4, -0.2) is 55.8 Å². The van der Waals surface area contributed by atoms with Crippen LogP contribution >= 0.6 is 11.3 Å². The van der Waals surface area contributed by atoms with E-state index in [1.807, 2.05) is 28.9 Å². The summed E-state index contributed by atoms with van der Waals surface area (Å²) in [7, 11) is 0. The molecule has 9 heteroatoms. The Labute approximate surface area is 177 Å². The third-order valence-corrected chi connectivity index (χ3v) is 7.09. The minimum absolute atomic E-state index is 0.544. The lowest BCUT2D eigenvalue weighted by Gasteiger charge is -2.28. The normalized spacial score (nSPS) is 18.2. The molecule has 30 heavy (non-hydrogen) atoms. The second kappa shape index (κ2) is 7.19. The third-order valence-electron chi connectivity index (χ3n) is 5.82. The maximum atomic E-state index is 11.2. The number of rotatable bonds is 5. The molecule has 1 aliphatic carbocycles. The Morgan fingerprint density at radius 1 is 1.10 bits per heavy atom. The molecule has 0 bridgehead atoms. The fraction of sp³-hybridized carbons (Fsp3) is 0.381. The van der Waals surface area contributed by atoms with Crippen molar-refractivity contribution in [3.8, 4) is 5.69 Å². The Morgan fingerprint density at radius 3 is 2.63 bits per heavy atom. The van der Waals surface area contributed by atoms with Crippen molar-refractivity contribution in [1.29, 1.82) is 0 Å². The van der Waals surface area contributed by atoms with Crippen LogP contribution < -0.4 is 4.90 Å². The molecule has 1 N–H and O–H groups in total. The zero-order valence-corrected chi connectivity index (χ0v) is 17.2. The molecule has 0 amide bonds. The molecule has 1 aliphatic heterocycles. The monoisotopic (exact) mass is 422 g/mol. The zero-order chi connectivity index (χ0) is 20.1. The summed E-state index contributed by atoms with van der Waals surface area (Å²) in [5.74, 6) is 0.544. The molecule has 0 spiro atoms. The average Bonchev–Trinajstić information content (AvgIpc) is 3.19. The number of hydrogen-bond acceptors (Lipinski definition) is 7. The lowest BCUT2D eigenvalue weighted by Crippen LogP contribution is -2.36. The van der Waals surface area contributed by atoms with Crippen LogP contribution in [0.25, 0.3) is 10.5 Å². The van der Waals surface area contributed by atoms with Gasteiger partial charge in [0.05, 0.1) is 37.0 Å². The van der Waals surface area contributed by atoms with Crippen LogP contribution in [0.3, 0.4) is 0 Å². The first-order chi connectivity index (χ1) is 14.8. The highest BCUT2D eigenvalue weighted by Gasteiger charge is 2.33. The number of morpholine rings is 1. The van der Waals surface area contributed by atoms with Crippen molar-refractivity contribution < 1.29 is 9.84 Å². The molecule has 2 fully saturated rings. The predicted octanol–water partition coefficient (Wildman–Crippen LogP) is 2.77. The molecule has 4 heterocycles. The Kier molecular flexibility index (Phi) is 4.33. The van der Waals surface area contributed by atoms with Gasteiger partial charge >= 0.3 is 0 Å². The van der Waals surface area contributed by atoms with E-state index in [4.69, 9.17) is 4.74 Å². The van der Waals surface area contributed by atoms with Gasteiger partial charge < -0.3 is 14.7 Å². The van der Waals surface area contributed by atoms with E-state index in [0.29, 0.717) is 11.6 Å². The van der Waals surface area contributed by atoms with Gasteiger partial charge in [0.2, 0.25) is 0 Å². The lowest BCUT2D eigenvalue weighted by atomic mass is 10.1. The van der Waals surface area contributed by atoms with Crippen molar-refractivity contribution in [3.63, 3.8) is 0 Å². The van der Waals surface area contributed by atoms with Crippen LogP contribution in [0, 0.1) is 0 Å². The van der Waals surface area contributed by atoms with Crippen LogP contribution in [0.2, 0.25) is 0 Å². The van der Waals surface area contributed by atoms with Crippen LogP contribution in [0.4, 0.5) is 5.69 Å². The van der Waals surface area contributed by atoms with Crippen LogP contribution in [0.1, 0.15) is 41.1 Å². The first-order valence-electron chi connectivity index (χ1n) is 10.3. The first-order valence-corrected chi connectivity index (χ1v) is 11.1. The van der Waals surface area contributed by atoms with E-state index in [0.717, 1.165) is 42.5 Å². The summed E-state index contributed by atoms with van der Waals surface area (Å²) in [5, 5.41) is 19.7. The smallest absolute Gasteiger partial charge is 0.141 e. The van der Waals surface area contributed by atoms with Crippen molar-refractivity contribution >= 4 is 21.9 Å². The Hall–Kier alpha value is -2.75. The van der Waals surface area contributed by atoms with E-state index in [1.165, 1.54) is 23.4 Å². The van der Waals surface area contributed by atoms with E-state index in [9.17, 15) is 5.11 Å². The van der Waals surface area contributed by atoms with Gasteiger partial charge in [-0.1, -0.05) is 5.21 Å². The zero-order valence-electron chi connectivity index (χ0n) is 16.4. The summed E-state index contributed by atoms with van der Waals surface area (Å²) in [6.07, 6.45) is 6.96. The molecule has 6 rings (SSSR count). The number of aromatic nitrogens is 5. The van der Waals surface area contributed by atoms with Gasteiger partial charge in [0.25, 0.3) is 0 Å². The number of aliphatic hydroxyl groups is 1. The summed E-state index contributed by atoms with van der Waals surface area (Å²) in [4.78, 5) is 8.84. The number of fused-ring (bicyclic) bond motifs is 1. The minimum Gasteiger partial charge on any atom is -0.380 e. The SMILES string of the molecule is OC(c1cn(-c2ccc(N3CCOCC3)cc2)nn1)c1c(C2CC2)sc2cncn12. The molecular formula is C21H22N6O2S. The van der Waals surface area contributed by atoms with Gasteiger partial charge in [-0.3, -0.25) is 4.40 Å². The Morgan fingerprint density at radius 2 is 1.87 bits per heavy atom. The van der Waals surface area contributed by atoms with Gasteiger partial charge in [-0.2, -0.15) is 0 Å². The quantitative estimate of drug-likeness (QED) is 0.533. The van der Waals surface area contributed by atoms with Crippen LogP contribution in [-0.2, 0) is 4.74 Å². The lowest BCUT2D eigenvalue weighted by molar-refractivity contribution is 0.122. The predicted molar refractivity (Wildman–Crippen MR) is 113 cm³/mol. The van der Waals surface area contributed by atoms with Gasteiger partial charge in [0.15, 0.2) is 0 Å². The van der Waals surface area contributed by atoms with Crippen LogP contribution in [0.5, 0.6) is 0 Å². The number of hydrogen-bond donors (Lipinski definition) is 1. The second-order valence-corrected chi connectivity index (χ2v) is 8.90. The molecule has 1 atom stereocenters. The number of imidazole rings is 1. The summed E-state index contributed by atoms with van der Waals surface area (Å²) >= 11 is 1.71. The molecule has 0 radical (unpaired) electrons. The number of benzene rings is 1. The number of thiazole rings is 1. The third kappa shape index (κ3) is 3.10. The molecule has 154 valence electrons. The number of aliphatic hydroxyl groups excluding tert-OH is 1. The van der Waals surface area contributed by atoms with Crippen molar-refractivity contribution in [2.45, 2.75) is 24.9 Å². The summed E-state index contributed by atoms with van der Waals surface area (Å²) in [5.41, 5.74) is 3.52. The average molecular weight is 423 g/mol. The van der Waals surface area contributed by atoms with E-state index >= 15 is 0 Å². The maximum Gasteiger partial charge on any atom is 0.141 e. The Bertz CT molecular complexity index is 1170. The molecule has 1 aromatic carbocycles. The topological polar surface area (TPSA) is 80.7 Å². The largest absolute Gasteiger partial charge is 0.380 e. The molecule has 3 aromatic heterocycles. The highest BCUT2D eigenvalue weighted by Crippen LogP contribution is 2.47. The molecule has 2 aliphatic rings. The van der Waals surface area contributed by atoms with E-state index in [2.05, 4.69) is 32.3 Å². The van der Waals surface area contributed by atoms with E-state index in [1.54, 1.807) is 22.3 Å². The standard InChI is InChI=1S/C21H22N6O2S/c28-20(19-21(14-1-2-14)30-18-11-22-13-26(18)19)17-12-27(24-23-17)16-5-3-15(4-6-16)25-7-9-29-10-8-25/h3-6,11-14,20,28H,1-2,7-10H2. The molecule has 4 aromatic rings. The summed E-state index contributed by atoms with van der Waals surface area (Å²) in [6.45, 7) is 3.35. The fourth-order valence-corrected chi connectivity index (χ4v) is 5.33. The number of ether oxygens (including phenoxy) is 1. The van der Waals surface area contributed by atoms with E-state index < -0.39 is 6.10 Å². The van der Waals surface area contributed by atoms with Crippen molar-refractivity contribution in [2.75, 3.05) is 31.2 Å². The van der Waals surface area contributed by atoms with Gasteiger partial charge in [0.1, 0.15) is 23.0 Å². The summed E-state index contributed by atoms with van der Waals surface area (Å²) in [6, 6.07) is 8.25. The molecule has 1 saturated carbocycles. The molecule has 1 saturated heterocycles. The molecule has 1 unspecified atom stereocenters. The van der Waals surface area contributed by atoms with Gasteiger partial charge in [-0.15, -0.1) is 16.4 Å². The van der Waals surface area contributed by atoms with Crippen molar-refractivity contribution in [3.05, 3.63) is 59.3 Å². The fourth-order valence-electron chi connectivity index (χ4n) is 4.03. The van der Waals surface area contributed by atoms with Crippen molar-refractivity contribution in [2.24, 2.45) is 0 Å². The second-order valence-electron chi connectivity index (χ2n) is 7.83. The molecule has 8 nitrogen and oxygen atoms in total. The van der Waals surface area contributed by atoms with Gasteiger partial charge in [-0.05, 0) is 43.0 Å². The van der Waals surface area contributed by atoms with Crippen LogP contribution in [0.15, 0.2) is 43.0 Å². The molecular weight excluding hydrogens is 400 g/mol. The van der Waals surface area contributed by atoms with Gasteiger partial charge in [-0.25, -0.2) is 9.67 Å². The maximum absolute atomic E-state index is 11.2. The first kappa shape index (κ1) is 18.1. The summed E-state index contributed by atoms with van der Waals surface area (Å²) < 4.78 is 9.13. The highest BCUT2D eigenvalue weighted by molar-refractivity contribution is 7.17. The number of anilines is 1. The van der Waals surface area contributed by atoms with Gasteiger partial charge in [0, 0.05) is 23.7 Å². The van der Waals surface area contributed by atoms with Crippen molar-refractivity contribution in [1.82, 2.24) is 24.4 Å².